The lowest BCUT2D eigenvalue weighted by molar-refractivity contribution is -0.116. The van der Waals surface area contributed by atoms with E-state index in [2.05, 4.69) is 13.1 Å². The van der Waals surface area contributed by atoms with Crippen LogP contribution in [0.15, 0.2) is 21.9 Å². The lowest BCUT2D eigenvalue weighted by Crippen LogP contribution is -2.44. The third-order valence-electron chi connectivity index (χ3n) is 3.69. The van der Waals surface area contributed by atoms with Crippen molar-refractivity contribution in [2.75, 3.05) is 6.61 Å². The second-order valence-electron chi connectivity index (χ2n) is 6.14. The smallest absolute Gasteiger partial charge is 0.387 e. The van der Waals surface area contributed by atoms with E-state index in [1.807, 2.05) is 4.98 Å². The SMILES string of the molecule is C[C@]1(COP(=O)(O)OP(=O)(O)OP(=O)(O)O)OC(n2ccc(=O)[nH]c2=O)C(O)C1O. The van der Waals surface area contributed by atoms with Crippen molar-refractivity contribution in [3.8, 4) is 0 Å². The quantitative estimate of drug-likeness (QED) is 0.189. The summed E-state index contributed by atoms with van der Waals surface area (Å²) >= 11 is 0. The largest absolute Gasteiger partial charge is 0.490 e. The van der Waals surface area contributed by atoms with Crippen LogP contribution in [0.25, 0.3) is 0 Å². The number of aliphatic hydroxyl groups excluding tert-OH is 2. The number of hydrogen-bond acceptors (Lipinski definition) is 11. The Balaban J connectivity index is 2.15. The number of ether oxygens (including phenoxy) is 1. The molecule has 1 aromatic rings. The molecule has 172 valence electrons. The molecule has 2 heterocycles. The highest BCUT2D eigenvalue weighted by molar-refractivity contribution is 7.66. The number of H-pyrrole nitrogens is 1. The van der Waals surface area contributed by atoms with E-state index in [1.54, 1.807) is 0 Å². The van der Waals surface area contributed by atoms with Gasteiger partial charge in [0.15, 0.2) is 6.23 Å². The predicted molar refractivity (Wildman–Crippen MR) is 91.7 cm³/mol. The van der Waals surface area contributed by atoms with E-state index in [4.69, 9.17) is 19.4 Å². The minimum Gasteiger partial charge on any atom is -0.387 e. The van der Waals surface area contributed by atoms with Gasteiger partial charge in [-0.25, -0.2) is 18.5 Å². The van der Waals surface area contributed by atoms with Gasteiger partial charge in [0.1, 0.15) is 17.8 Å². The van der Waals surface area contributed by atoms with Gasteiger partial charge < -0.3 is 34.5 Å². The zero-order valence-electron chi connectivity index (χ0n) is 14.7. The fourth-order valence-electron chi connectivity index (χ4n) is 2.41. The molecular formula is C10H17N2O15P3. The number of rotatable bonds is 8. The van der Waals surface area contributed by atoms with Crippen molar-refractivity contribution in [2.45, 2.75) is 31.0 Å². The summed E-state index contributed by atoms with van der Waals surface area (Å²) in [5, 5.41) is 20.3. The van der Waals surface area contributed by atoms with Crippen molar-refractivity contribution in [1.82, 2.24) is 9.55 Å². The zero-order chi connectivity index (χ0) is 23.1. The first kappa shape index (κ1) is 25.2. The molecule has 17 nitrogen and oxygen atoms in total. The summed E-state index contributed by atoms with van der Waals surface area (Å²) in [6.07, 6.45) is -4.24. The summed E-state index contributed by atoms with van der Waals surface area (Å²) in [5.74, 6) is 0. The third-order valence-corrected chi connectivity index (χ3v) is 7.47. The molecule has 1 fully saturated rings. The molecule has 30 heavy (non-hydrogen) atoms. The molecule has 7 N–H and O–H groups in total. The molecule has 20 heteroatoms. The Kier molecular flexibility index (Phi) is 7.14. The minimum atomic E-state index is -5.75. The van der Waals surface area contributed by atoms with Crippen LogP contribution < -0.4 is 11.2 Å². The number of aromatic nitrogens is 2. The fourth-order valence-corrected chi connectivity index (χ4v) is 5.53. The second kappa shape index (κ2) is 8.48. The summed E-state index contributed by atoms with van der Waals surface area (Å²) in [4.78, 5) is 60.4. The third kappa shape index (κ3) is 6.24. The number of hydrogen-bond donors (Lipinski definition) is 7. The molecule has 5 unspecified atom stereocenters. The first-order chi connectivity index (χ1) is 13.4. The number of aromatic amines is 1. The normalized spacial score (nSPS) is 31.2. The number of nitrogens with one attached hydrogen (secondary N) is 1. The number of phosphoric acid groups is 3. The van der Waals surface area contributed by atoms with Crippen LogP contribution in [0, 0.1) is 0 Å². The Bertz CT molecular complexity index is 1050. The standard InChI is InChI=1S/C10H17N2O15P3/c1-10(4-24-29(20,21)27-30(22,23)26-28(17,18)19)7(15)6(14)8(25-10)12-3-2-5(13)11-9(12)16/h2-3,6-8,14-15H,4H2,1H3,(H,20,21)(H,22,23)(H,11,13,16)(H2,17,18,19)/t6?,7?,8?,10-/m1/s1. The summed E-state index contributed by atoms with van der Waals surface area (Å²) in [6, 6.07) is 0.922. The Labute approximate surface area is 165 Å². The van der Waals surface area contributed by atoms with E-state index in [1.165, 1.54) is 0 Å². The summed E-state index contributed by atoms with van der Waals surface area (Å²) in [6.45, 7) is -0.00813. The molecule has 1 aromatic heterocycles. The lowest BCUT2D eigenvalue weighted by atomic mass is 9.99. The molecule has 0 bridgehead atoms. The van der Waals surface area contributed by atoms with E-state index in [0.29, 0.717) is 4.57 Å². The molecule has 1 aliphatic heterocycles. The number of phosphoric ester groups is 1. The maximum Gasteiger partial charge on any atom is 0.490 e. The molecule has 2 rings (SSSR count). The van der Waals surface area contributed by atoms with Crippen LogP contribution in [-0.2, 0) is 31.6 Å². The molecule has 1 saturated heterocycles. The van der Waals surface area contributed by atoms with Gasteiger partial charge in [-0.05, 0) is 6.92 Å². The van der Waals surface area contributed by atoms with E-state index < -0.39 is 65.4 Å². The lowest BCUT2D eigenvalue weighted by Gasteiger charge is -2.28. The highest BCUT2D eigenvalue weighted by Gasteiger charge is 2.54. The molecule has 0 radical (unpaired) electrons. The van der Waals surface area contributed by atoms with Gasteiger partial charge in [0.2, 0.25) is 0 Å². The average molecular weight is 498 g/mol. The van der Waals surface area contributed by atoms with Gasteiger partial charge in [0.25, 0.3) is 5.56 Å². The van der Waals surface area contributed by atoms with Crippen LogP contribution in [0.4, 0.5) is 0 Å². The van der Waals surface area contributed by atoms with Crippen LogP contribution in [0.3, 0.4) is 0 Å². The van der Waals surface area contributed by atoms with Gasteiger partial charge in [0.05, 0.1) is 6.61 Å². The maximum absolute atomic E-state index is 11.8. The Morgan fingerprint density at radius 3 is 2.27 bits per heavy atom. The van der Waals surface area contributed by atoms with Gasteiger partial charge in [-0.15, -0.1) is 0 Å². The Hall–Kier alpha value is -1.03. The predicted octanol–water partition coefficient (Wildman–Crippen LogP) is -2.11. The van der Waals surface area contributed by atoms with E-state index in [0.717, 1.165) is 19.2 Å². The van der Waals surface area contributed by atoms with Gasteiger partial charge >= 0.3 is 29.2 Å². The highest BCUT2D eigenvalue weighted by atomic mass is 31.3. The minimum absolute atomic E-state index is 0.714. The van der Waals surface area contributed by atoms with Crippen molar-refractivity contribution in [1.29, 1.82) is 0 Å². The molecule has 0 aromatic carbocycles. The maximum atomic E-state index is 11.8. The highest BCUT2D eigenvalue weighted by Crippen LogP contribution is 2.66. The van der Waals surface area contributed by atoms with E-state index in [-0.39, 0.29) is 0 Å². The second-order valence-corrected chi connectivity index (χ2v) is 10.6. The molecule has 0 saturated carbocycles. The van der Waals surface area contributed by atoms with Gasteiger partial charge in [-0.2, -0.15) is 8.62 Å². The van der Waals surface area contributed by atoms with Gasteiger partial charge in [-0.1, -0.05) is 0 Å². The van der Waals surface area contributed by atoms with Crippen LogP contribution in [0.1, 0.15) is 13.2 Å². The molecule has 6 atom stereocenters. The van der Waals surface area contributed by atoms with E-state index >= 15 is 0 Å². The van der Waals surface area contributed by atoms with Crippen molar-refractivity contribution in [3.05, 3.63) is 33.1 Å². The first-order valence-corrected chi connectivity index (χ1v) is 12.1. The van der Waals surface area contributed by atoms with Crippen molar-refractivity contribution in [2.24, 2.45) is 0 Å². The molecular weight excluding hydrogens is 481 g/mol. The van der Waals surface area contributed by atoms with Gasteiger partial charge in [-0.3, -0.25) is 18.9 Å². The topological polar surface area (TPSA) is 264 Å². The summed E-state index contributed by atoms with van der Waals surface area (Å²) in [5.41, 5.74) is -3.75. The van der Waals surface area contributed by atoms with Crippen molar-refractivity contribution >= 4 is 23.5 Å². The van der Waals surface area contributed by atoms with Crippen molar-refractivity contribution < 1.29 is 61.4 Å². The zero-order valence-corrected chi connectivity index (χ0v) is 17.4. The van der Waals surface area contributed by atoms with Crippen LogP contribution >= 0.6 is 23.5 Å². The monoisotopic (exact) mass is 498 g/mol. The molecule has 0 amide bonds. The number of aliphatic hydroxyl groups is 2. The van der Waals surface area contributed by atoms with Gasteiger partial charge in [0, 0.05) is 12.3 Å². The Morgan fingerprint density at radius 1 is 1.13 bits per heavy atom. The average Bonchev–Trinajstić information content (AvgIpc) is 2.75. The number of nitrogens with zero attached hydrogens (tertiary/aromatic N) is 1. The van der Waals surface area contributed by atoms with Crippen LogP contribution in [-0.4, -0.2) is 63.8 Å². The molecule has 1 aliphatic rings. The summed E-state index contributed by atoms with van der Waals surface area (Å²) in [7, 11) is -16.8. The fraction of sp³-hybridized carbons (Fsp3) is 0.600. The summed E-state index contributed by atoms with van der Waals surface area (Å²) < 4.78 is 51.2. The first-order valence-electron chi connectivity index (χ1n) is 7.58. The molecule has 0 spiro atoms. The van der Waals surface area contributed by atoms with Crippen LogP contribution in [0.5, 0.6) is 0 Å². The molecule has 0 aliphatic carbocycles. The van der Waals surface area contributed by atoms with E-state index in [9.17, 15) is 38.4 Å². The Morgan fingerprint density at radius 2 is 1.73 bits per heavy atom. The van der Waals surface area contributed by atoms with Crippen molar-refractivity contribution in [3.63, 3.8) is 0 Å². The van der Waals surface area contributed by atoms with Crippen LogP contribution in [0.2, 0.25) is 0 Å².